The number of halogens is 1. The second kappa shape index (κ2) is 7.07. The molecule has 0 spiro atoms. The van der Waals surface area contributed by atoms with E-state index in [0.29, 0.717) is 30.2 Å². The lowest BCUT2D eigenvalue weighted by Gasteiger charge is -2.16. The topological polar surface area (TPSA) is 46.6 Å². The average Bonchev–Trinajstić information content (AvgIpc) is 2.79. The van der Waals surface area contributed by atoms with Gasteiger partial charge in [0.05, 0.1) is 18.1 Å². The Bertz CT molecular complexity index is 544. The van der Waals surface area contributed by atoms with E-state index in [2.05, 4.69) is 22.9 Å². The van der Waals surface area contributed by atoms with E-state index in [-0.39, 0.29) is 18.2 Å². The van der Waals surface area contributed by atoms with Gasteiger partial charge in [-0.3, -0.25) is 9.59 Å². The van der Waals surface area contributed by atoms with Gasteiger partial charge < -0.3 is 9.64 Å². The lowest BCUT2D eigenvalue weighted by Crippen LogP contribution is -2.31. The quantitative estimate of drug-likeness (QED) is 0.737. The van der Waals surface area contributed by atoms with Crippen molar-refractivity contribution in [2.45, 2.75) is 26.2 Å². The van der Waals surface area contributed by atoms with Crippen LogP contribution in [0.2, 0.25) is 0 Å². The molecule has 21 heavy (non-hydrogen) atoms. The Balaban J connectivity index is 2.01. The van der Waals surface area contributed by atoms with Gasteiger partial charge in [0, 0.05) is 18.5 Å². The summed E-state index contributed by atoms with van der Waals surface area (Å²) in [5.74, 6) is 1.14. The van der Waals surface area contributed by atoms with E-state index in [4.69, 9.17) is 4.74 Å². The van der Waals surface area contributed by atoms with Gasteiger partial charge >= 0.3 is 0 Å². The Morgan fingerprint density at radius 3 is 2.86 bits per heavy atom. The fourth-order valence-corrected chi connectivity index (χ4v) is 3.25. The first-order valence-electron chi connectivity index (χ1n) is 7.19. The highest BCUT2D eigenvalue weighted by atomic mass is 79.9. The fourth-order valence-electron chi connectivity index (χ4n) is 2.71. The maximum Gasteiger partial charge on any atom is 0.223 e. The number of amides is 1. The molecule has 1 aromatic carbocycles. The minimum Gasteiger partial charge on any atom is -0.496 e. The number of ether oxygens (including phenoxy) is 1. The van der Waals surface area contributed by atoms with Crippen LogP contribution in [0.3, 0.4) is 0 Å². The normalized spacial score (nSPS) is 18.1. The number of hydrogen-bond donors (Lipinski definition) is 0. The van der Waals surface area contributed by atoms with Crippen molar-refractivity contribution in [3.63, 3.8) is 0 Å². The number of Topliss-reactive ketones (excluding diaryl/α,β-unsaturated/α-hetero) is 1. The van der Waals surface area contributed by atoms with Crippen molar-refractivity contribution in [2.24, 2.45) is 5.92 Å². The Morgan fingerprint density at radius 1 is 1.48 bits per heavy atom. The second-order valence-electron chi connectivity index (χ2n) is 5.41. The van der Waals surface area contributed by atoms with Crippen molar-refractivity contribution >= 4 is 27.6 Å². The second-order valence-corrected chi connectivity index (χ2v) is 6.26. The summed E-state index contributed by atoms with van der Waals surface area (Å²) in [6.45, 7) is 2.99. The Morgan fingerprint density at radius 2 is 2.24 bits per heavy atom. The molecule has 1 heterocycles. The van der Waals surface area contributed by atoms with Crippen LogP contribution in [0, 0.1) is 5.92 Å². The zero-order chi connectivity index (χ0) is 15.4. The van der Waals surface area contributed by atoms with Crippen LogP contribution in [-0.4, -0.2) is 36.8 Å². The van der Waals surface area contributed by atoms with Gasteiger partial charge in [0.2, 0.25) is 5.91 Å². The van der Waals surface area contributed by atoms with Gasteiger partial charge in [-0.1, -0.05) is 13.3 Å². The SMILES string of the molecule is CCCC1CC(=O)N(CC(=O)c2ccc(OC)c(Br)c2)C1. The summed E-state index contributed by atoms with van der Waals surface area (Å²) < 4.78 is 5.89. The van der Waals surface area contributed by atoms with Crippen molar-refractivity contribution in [1.29, 1.82) is 0 Å². The van der Waals surface area contributed by atoms with Gasteiger partial charge in [0.1, 0.15) is 5.75 Å². The van der Waals surface area contributed by atoms with Crippen molar-refractivity contribution < 1.29 is 14.3 Å². The molecule has 1 atom stereocenters. The van der Waals surface area contributed by atoms with E-state index >= 15 is 0 Å². The third kappa shape index (κ3) is 3.84. The molecule has 1 amide bonds. The minimum absolute atomic E-state index is 0.0381. The van der Waals surface area contributed by atoms with Gasteiger partial charge in [-0.15, -0.1) is 0 Å². The van der Waals surface area contributed by atoms with Crippen LogP contribution in [0.1, 0.15) is 36.5 Å². The monoisotopic (exact) mass is 353 g/mol. The van der Waals surface area contributed by atoms with Crippen molar-refractivity contribution in [2.75, 3.05) is 20.2 Å². The lowest BCUT2D eigenvalue weighted by molar-refractivity contribution is -0.127. The molecule has 4 nitrogen and oxygen atoms in total. The van der Waals surface area contributed by atoms with E-state index in [1.807, 2.05) is 0 Å². The summed E-state index contributed by atoms with van der Waals surface area (Å²) >= 11 is 3.37. The molecule has 0 aromatic heterocycles. The molecule has 1 fully saturated rings. The van der Waals surface area contributed by atoms with Crippen LogP contribution in [0.5, 0.6) is 5.75 Å². The van der Waals surface area contributed by atoms with Gasteiger partial charge in [-0.2, -0.15) is 0 Å². The number of hydrogen-bond acceptors (Lipinski definition) is 3. The van der Waals surface area contributed by atoms with E-state index in [1.165, 1.54) is 0 Å². The average molecular weight is 354 g/mol. The molecule has 114 valence electrons. The Kier molecular flexibility index (Phi) is 5.39. The zero-order valence-electron chi connectivity index (χ0n) is 12.4. The number of carbonyl (C=O) groups excluding carboxylic acids is 2. The predicted molar refractivity (Wildman–Crippen MR) is 84.6 cm³/mol. The van der Waals surface area contributed by atoms with Gasteiger partial charge in [-0.05, 0) is 46.5 Å². The van der Waals surface area contributed by atoms with Crippen LogP contribution in [0.15, 0.2) is 22.7 Å². The number of methoxy groups -OCH3 is 1. The Hall–Kier alpha value is -1.36. The molecule has 0 aliphatic carbocycles. The number of benzene rings is 1. The van der Waals surface area contributed by atoms with Gasteiger partial charge in [0.25, 0.3) is 0 Å². The summed E-state index contributed by atoms with van der Waals surface area (Å²) in [5, 5.41) is 0. The summed E-state index contributed by atoms with van der Waals surface area (Å²) in [4.78, 5) is 25.9. The van der Waals surface area contributed by atoms with Crippen LogP contribution in [0.25, 0.3) is 0 Å². The van der Waals surface area contributed by atoms with E-state index in [9.17, 15) is 9.59 Å². The summed E-state index contributed by atoms with van der Waals surface area (Å²) in [7, 11) is 1.58. The molecule has 1 aliphatic rings. The molecule has 0 radical (unpaired) electrons. The molecular weight excluding hydrogens is 334 g/mol. The molecule has 0 saturated carbocycles. The predicted octanol–water partition coefficient (Wildman–Crippen LogP) is 3.29. The van der Waals surface area contributed by atoms with Crippen molar-refractivity contribution in [3.05, 3.63) is 28.2 Å². The third-order valence-electron chi connectivity index (χ3n) is 3.80. The smallest absolute Gasteiger partial charge is 0.223 e. The molecule has 0 bridgehead atoms. The number of ketones is 1. The van der Waals surface area contributed by atoms with Crippen LogP contribution in [0.4, 0.5) is 0 Å². The molecule has 1 aromatic rings. The highest BCUT2D eigenvalue weighted by Gasteiger charge is 2.30. The van der Waals surface area contributed by atoms with Gasteiger partial charge in [0.15, 0.2) is 5.78 Å². The molecule has 1 aliphatic heterocycles. The maximum atomic E-state index is 12.3. The first-order valence-corrected chi connectivity index (χ1v) is 7.99. The maximum absolute atomic E-state index is 12.3. The third-order valence-corrected chi connectivity index (χ3v) is 4.42. The number of nitrogens with zero attached hydrogens (tertiary/aromatic N) is 1. The van der Waals surface area contributed by atoms with Crippen LogP contribution < -0.4 is 4.74 Å². The molecule has 2 rings (SSSR count). The fraction of sp³-hybridized carbons (Fsp3) is 0.500. The Labute approximate surface area is 133 Å². The highest BCUT2D eigenvalue weighted by Crippen LogP contribution is 2.26. The molecular formula is C16H20BrNO3. The zero-order valence-corrected chi connectivity index (χ0v) is 14.0. The van der Waals surface area contributed by atoms with Gasteiger partial charge in [-0.25, -0.2) is 0 Å². The molecule has 5 heteroatoms. The van der Waals surface area contributed by atoms with Crippen molar-refractivity contribution in [3.8, 4) is 5.75 Å². The number of carbonyl (C=O) groups is 2. The van der Waals surface area contributed by atoms with E-state index in [0.717, 1.165) is 17.3 Å². The van der Waals surface area contributed by atoms with Crippen LogP contribution >= 0.6 is 15.9 Å². The van der Waals surface area contributed by atoms with Crippen molar-refractivity contribution in [1.82, 2.24) is 4.90 Å². The largest absolute Gasteiger partial charge is 0.496 e. The van der Waals surface area contributed by atoms with Crippen LogP contribution in [-0.2, 0) is 4.79 Å². The first-order chi connectivity index (χ1) is 10.0. The molecule has 1 saturated heterocycles. The molecule has 0 N–H and O–H groups in total. The number of rotatable bonds is 6. The van der Waals surface area contributed by atoms with E-state index in [1.54, 1.807) is 30.2 Å². The van der Waals surface area contributed by atoms with E-state index < -0.39 is 0 Å². The lowest BCUT2D eigenvalue weighted by atomic mass is 10.0. The summed E-state index contributed by atoms with van der Waals surface area (Å²) in [6.07, 6.45) is 2.70. The minimum atomic E-state index is -0.0381. The molecule has 1 unspecified atom stereocenters. The summed E-state index contributed by atoms with van der Waals surface area (Å²) in [6, 6.07) is 5.23. The number of likely N-dealkylation sites (tertiary alicyclic amines) is 1. The summed E-state index contributed by atoms with van der Waals surface area (Å²) in [5.41, 5.74) is 0.592. The first kappa shape index (κ1) is 16.0. The highest BCUT2D eigenvalue weighted by molar-refractivity contribution is 9.10. The standard InChI is InChI=1S/C16H20BrNO3/c1-3-4-11-7-16(20)18(9-11)10-14(19)12-5-6-15(21-2)13(17)8-12/h5-6,8,11H,3-4,7,9-10H2,1-2H3.